The molecule has 1 fully saturated rings. The zero-order valence-corrected chi connectivity index (χ0v) is 19.3. The molecule has 0 N–H and O–H groups in total. The van der Waals surface area contributed by atoms with Crippen molar-refractivity contribution >= 4 is 18.3 Å². The minimum Gasteiger partial charge on any atom is -0.460 e. The van der Waals surface area contributed by atoms with Gasteiger partial charge in [0.15, 0.2) is 0 Å². The Morgan fingerprint density at radius 2 is 1.70 bits per heavy atom. The third-order valence-corrected chi connectivity index (χ3v) is 5.26. The van der Waals surface area contributed by atoms with E-state index in [2.05, 4.69) is 0 Å². The van der Waals surface area contributed by atoms with Gasteiger partial charge >= 0.3 is 12.1 Å². The third kappa shape index (κ3) is 6.31. The molecule has 166 valence electrons. The summed E-state index contributed by atoms with van der Waals surface area (Å²) >= 11 is 0. The first-order valence-electron chi connectivity index (χ1n) is 10.5. The van der Waals surface area contributed by atoms with Crippen LogP contribution in [0, 0.1) is 11.3 Å². The van der Waals surface area contributed by atoms with Gasteiger partial charge in [-0.05, 0) is 78.9 Å². The van der Waals surface area contributed by atoms with E-state index in [4.69, 9.17) is 9.47 Å². The number of rotatable bonds is 5. The number of hydrogen-bond donors (Lipinski definition) is 0. The van der Waals surface area contributed by atoms with E-state index in [-0.39, 0.29) is 18.0 Å². The van der Waals surface area contributed by atoms with E-state index in [0.717, 1.165) is 11.8 Å². The quantitative estimate of drug-likeness (QED) is 0.515. The van der Waals surface area contributed by atoms with Gasteiger partial charge in [-0.2, -0.15) is 0 Å². The molecule has 1 aromatic carbocycles. The highest BCUT2D eigenvalue weighted by Crippen LogP contribution is 2.40. The summed E-state index contributed by atoms with van der Waals surface area (Å²) in [6.07, 6.45) is 1.55. The molecule has 1 amide bonds. The lowest BCUT2D eigenvalue weighted by Gasteiger charge is -2.36. The van der Waals surface area contributed by atoms with Crippen LogP contribution in [0.3, 0.4) is 0 Å². The SMILES string of the molecule is CC(C)(C)OC(=O)N1CC[C@H](C(C)(Cc2cccc(C=O)c2)C(=O)OC(C)(C)C)C1. The Morgan fingerprint density at radius 1 is 1.07 bits per heavy atom. The molecule has 1 aliphatic rings. The van der Waals surface area contributed by atoms with Gasteiger partial charge < -0.3 is 14.4 Å². The second kappa shape index (κ2) is 8.78. The van der Waals surface area contributed by atoms with Crippen LogP contribution in [0.25, 0.3) is 0 Å². The molecular weight excluding hydrogens is 382 g/mol. The van der Waals surface area contributed by atoms with Crippen LogP contribution in [0.1, 0.15) is 70.8 Å². The van der Waals surface area contributed by atoms with Crippen LogP contribution >= 0.6 is 0 Å². The van der Waals surface area contributed by atoms with Gasteiger partial charge in [0.25, 0.3) is 0 Å². The largest absolute Gasteiger partial charge is 0.460 e. The van der Waals surface area contributed by atoms with Crippen molar-refractivity contribution in [3.05, 3.63) is 35.4 Å². The summed E-state index contributed by atoms with van der Waals surface area (Å²) in [7, 11) is 0. The van der Waals surface area contributed by atoms with Crippen LogP contribution in [-0.4, -0.2) is 47.5 Å². The minimum atomic E-state index is -0.842. The van der Waals surface area contributed by atoms with Crippen molar-refractivity contribution < 1.29 is 23.9 Å². The molecule has 0 spiro atoms. The molecule has 0 bridgehead atoms. The van der Waals surface area contributed by atoms with Gasteiger partial charge in [-0.15, -0.1) is 0 Å². The van der Waals surface area contributed by atoms with Crippen LogP contribution in [0.5, 0.6) is 0 Å². The molecular formula is C24H35NO5. The van der Waals surface area contributed by atoms with Crippen LogP contribution in [0.4, 0.5) is 4.79 Å². The highest BCUT2D eigenvalue weighted by Gasteiger charge is 2.47. The molecule has 2 rings (SSSR count). The molecule has 1 heterocycles. The molecule has 6 heteroatoms. The second-order valence-electron chi connectivity index (χ2n) is 10.4. The number of amides is 1. The molecule has 1 unspecified atom stereocenters. The summed E-state index contributed by atoms with van der Waals surface area (Å²) in [5.74, 6) is -0.373. The normalized spacial score (nSPS) is 19.2. The highest BCUT2D eigenvalue weighted by molar-refractivity contribution is 5.79. The van der Waals surface area contributed by atoms with Crippen LogP contribution in [-0.2, 0) is 20.7 Å². The summed E-state index contributed by atoms with van der Waals surface area (Å²) in [6.45, 7) is 13.9. The highest BCUT2D eigenvalue weighted by atomic mass is 16.6. The Labute approximate surface area is 179 Å². The Balaban J connectivity index is 2.28. The first kappa shape index (κ1) is 23.9. The van der Waals surface area contributed by atoms with Gasteiger partial charge in [-0.3, -0.25) is 9.59 Å². The van der Waals surface area contributed by atoms with Crippen molar-refractivity contribution in [1.29, 1.82) is 0 Å². The zero-order valence-electron chi connectivity index (χ0n) is 19.3. The maximum absolute atomic E-state index is 13.3. The van der Waals surface area contributed by atoms with Crippen molar-refractivity contribution in [2.24, 2.45) is 11.3 Å². The number of aldehydes is 1. The summed E-state index contributed by atoms with van der Waals surface area (Å²) in [5.41, 5.74) is -0.568. The number of hydrogen-bond acceptors (Lipinski definition) is 5. The molecule has 0 radical (unpaired) electrons. The van der Waals surface area contributed by atoms with Crippen molar-refractivity contribution in [3.63, 3.8) is 0 Å². The average molecular weight is 418 g/mol. The molecule has 0 aromatic heterocycles. The number of benzene rings is 1. The number of likely N-dealkylation sites (tertiary alicyclic amines) is 1. The fraction of sp³-hybridized carbons (Fsp3) is 0.625. The molecule has 0 aliphatic carbocycles. The van der Waals surface area contributed by atoms with E-state index < -0.39 is 16.6 Å². The van der Waals surface area contributed by atoms with Crippen molar-refractivity contribution in [1.82, 2.24) is 4.90 Å². The molecule has 1 aliphatic heterocycles. The van der Waals surface area contributed by atoms with E-state index in [9.17, 15) is 14.4 Å². The third-order valence-electron chi connectivity index (χ3n) is 5.26. The Bertz CT molecular complexity index is 790. The van der Waals surface area contributed by atoms with E-state index in [1.165, 1.54) is 0 Å². The first-order valence-corrected chi connectivity index (χ1v) is 10.5. The Morgan fingerprint density at radius 3 is 2.27 bits per heavy atom. The lowest BCUT2D eigenvalue weighted by molar-refractivity contribution is -0.170. The number of carbonyl (C=O) groups is 3. The molecule has 1 saturated heterocycles. The monoisotopic (exact) mass is 417 g/mol. The molecule has 0 saturated carbocycles. The molecule has 2 atom stereocenters. The fourth-order valence-electron chi connectivity index (χ4n) is 3.75. The number of ether oxygens (including phenoxy) is 2. The van der Waals surface area contributed by atoms with Crippen LogP contribution in [0.15, 0.2) is 24.3 Å². The maximum Gasteiger partial charge on any atom is 0.410 e. The Hall–Kier alpha value is -2.37. The predicted octanol–water partition coefficient (Wildman–Crippen LogP) is 4.65. The second-order valence-corrected chi connectivity index (χ2v) is 10.4. The van der Waals surface area contributed by atoms with Crippen molar-refractivity contribution in [2.75, 3.05) is 13.1 Å². The topological polar surface area (TPSA) is 72.9 Å². The van der Waals surface area contributed by atoms with E-state index >= 15 is 0 Å². The lowest BCUT2D eigenvalue weighted by atomic mass is 9.72. The van der Waals surface area contributed by atoms with Gasteiger partial charge in [-0.1, -0.05) is 18.2 Å². The van der Waals surface area contributed by atoms with Gasteiger partial charge in [0.2, 0.25) is 0 Å². The van der Waals surface area contributed by atoms with Crippen LogP contribution in [0.2, 0.25) is 0 Å². The lowest BCUT2D eigenvalue weighted by Crippen LogP contribution is -2.44. The van der Waals surface area contributed by atoms with Crippen molar-refractivity contribution in [2.45, 2.75) is 72.5 Å². The van der Waals surface area contributed by atoms with Gasteiger partial charge in [0, 0.05) is 18.7 Å². The standard InChI is InChI=1S/C24H35NO5/c1-22(2,3)29-20(27)24(7,14-17-9-8-10-18(13-17)16-26)19-11-12-25(15-19)21(28)30-23(4,5)6/h8-10,13,16,19H,11-12,14-15H2,1-7H3/t19-,24?/m0/s1. The predicted molar refractivity (Wildman–Crippen MR) is 115 cm³/mol. The average Bonchev–Trinajstić information content (AvgIpc) is 3.09. The molecule has 30 heavy (non-hydrogen) atoms. The van der Waals surface area contributed by atoms with Gasteiger partial charge in [-0.25, -0.2) is 4.79 Å². The summed E-state index contributed by atoms with van der Waals surface area (Å²) in [4.78, 5) is 38.7. The number of nitrogens with zero attached hydrogens (tertiary/aromatic N) is 1. The van der Waals surface area contributed by atoms with E-state index in [1.54, 1.807) is 17.0 Å². The van der Waals surface area contributed by atoms with Gasteiger partial charge in [0.05, 0.1) is 5.41 Å². The van der Waals surface area contributed by atoms with E-state index in [0.29, 0.717) is 31.5 Å². The fourth-order valence-corrected chi connectivity index (χ4v) is 3.75. The maximum atomic E-state index is 13.3. The number of esters is 1. The van der Waals surface area contributed by atoms with E-state index in [1.807, 2.05) is 60.6 Å². The smallest absolute Gasteiger partial charge is 0.410 e. The number of carbonyl (C=O) groups excluding carboxylic acids is 3. The first-order chi connectivity index (χ1) is 13.7. The summed E-state index contributed by atoms with van der Waals surface area (Å²) < 4.78 is 11.3. The zero-order chi connectivity index (χ0) is 22.7. The summed E-state index contributed by atoms with van der Waals surface area (Å²) in [6, 6.07) is 7.27. The Kier molecular flexibility index (Phi) is 7.00. The van der Waals surface area contributed by atoms with Crippen molar-refractivity contribution in [3.8, 4) is 0 Å². The van der Waals surface area contributed by atoms with Crippen LogP contribution < -0.4 is 0 Å². The molecule has 6 nitrogen and oxygen atoms in total. The van der Waals surface area contributed by atoms with Gasteiger partial charge in [0.1, 0.15) is 17.5 Å². The molecule has 1 aromatic rings. The minimum absolute atomic E-state index is 0.0836. The summed E-state index contributed by atoms with van der Waals surface area (Å²) in [5, 5.41) is 0.